The van der Waals surface area contributed by atoms with Crippen molar-refractivity contribution < 1.29 is 8.47 Å². The SMILES string of the molecule is CC(C)c1cccc(C(C)C)c1N1[C@H]([C@@H]2c3cccc[n+]3[Si-](Cl)(Cl)(Cl)N2c2c(C(C)C)cccc2C(C)C)c2cccc[n+]2[Si-]1(Cl)(Cl)Cl.Cc1ccccc1. The minimum atomic E-state index is -4.85. The average molecular weight is 894 g/mol. The van der Waals surface area contributed by atoms with Gasteiger partial charge in [0.05, 0.1) is 0 Å². The summed E-state index contributed by atoms with van der Waals surface area (Å²) in [4.78, 5) is 0. The average Bonchev–Trinajstić information content (AvgIpc) is 3.44. The molecule has 4 nitrogen and oxygen atoms in total. The molecule has 0 bridgehead atoms. The minimum Gasteiger partial charge on any atom is -0.0622 e. The van der Waals surface area contributed by atoms with Crippen LogP contribution in [-0.4, -0.2) is 11.2 Å². The first kappa shape index (κ1) is 42.3. The quantitative estimate of drug-likeness (QED) is 0.119. The van der Waals surface area contributed by atoms with Gasteiger partial charge in [-0.05, 0) is 6.92 Å². The Labute approximate surface area is 356 Å². The molecule has 2 atom stereocenters. The van der Waals surface area contributed by atoms with Gasteiger partial charge in [-0.25, -0.2) is 0 Å². The second-order valence-corrected chi connectivity index (χ2v) is 37.7. The van der Waals surface area contributed by atoms with Crippen molar-refractivity contribution in [3.05, 3.63) is 155 Å². The zero-order valence-corrected chi connectivity index (χ0v) is 39.5. The molecule has 0 fully saturated rings. The third kappa shape index (κ3) is 7.37. The standard InChI is InChI=1S/C36H44Cl6N4Si2.C7H8/c1-23(2)27-15-13-16-28(24(3)4)33(27)45-35(31-19-9-11-21-43(31)47(45,37,38)39)36-32-20-10-12-22-44(32)48(40,41,42)46(36)34-29(25(5)6)17-14-18-30(34)26(7)8;1-7-5-3-2-4-6-7/h9-26,35-36H,1-8H3;2-6H,1H3/t35-,36-;/m0./s1. The Morgan fingerprint density at radius 1 is 0.436 bits per heavy atom. The summed E-state index contributed by atoms with van der Waals surface area (Å²) in [5, 5.41) is 0. The third-order valence-electron chi connectivity index (χ3n) is 10.9. The number of rotatable bonds is 7. The fourth-order valence-corrected chi connectivity index (χ4v) is 19.5. The zero-order valence-electron chi connectivity index (χ0n) is 33.0. The number of pyridine rings is 2. The Hall–Kier alpha value is -2.27. The molecule has 0 aliphatic carbocycles. The van der Waals surface area contributed by atoms with E-state index in [0.29, 0.717) is 0 Å². The van der Waals surface area contributed by atoms with Gasteiger partial charge < -0.3 is 0 Å². The first-order valence-electron chi connectivity index (χ1n) is 19.1. The largest absolute Gasteiger partial charge is 0.0622 e. The molecule has 0 spiro atoms. The topological polar surface area (TPSA) is 14.2 Å². The summed E-state index contributed by atoms with van der Waals surface area (Å²) in [6, 6.07) is 34.0. The first-order valence-corrected chi connectivity index (χ1v) is 30.0. The molecule has 294 valence electrons. The second kappa shape index (κ2) is 15.2. The summed E-state index contributed by atoms with van der Waals surface area (Å²) in [7, 11) is 0. The Balaban J connectivity index is 0.000000661. The number of halogens is 6. The van der Waals surface area contributed by atoms with E-state index in [-0.39, 0.29) is 23.7 Å². The summed E-state index contributed by atoms with van der Waals surface area (Å²) in [5.74, 6) is 0.608. The van der Waals surface area contributed by atoms with E-state index in [1.165, 1.54) is 5.56 Å². The van der Waals surface area contributed by atoms with Crippen LogP contribution in [0.1, 0.15) is 130 Å². The normalized spacial score (nSPS) is 21.7. The maximum Gasteiger partial charge on any atom is -0.0398 e. The van der Waals surface area contributed by atoms with Crippen molar-refractivity contribution in [1.82, 2.24) is 0 Å². The Morgan fingerprint density at radius 2 is 0.745 bits per heavy atom. The molecule has 4 heterocycles. The molecule has 0 saturated carbocycles. The molecule has 7 rings (SSSR count). The number of anilines is 2. The van der Waals surface area contributed by atoms with Crippen LogP contribution in [0.3, 0.4) is 0 Å². The number of aryl methyl sites for hydroxylation is 1. The molecule has 0 radical (unpaired) electrons. The number of para-hydroxylation sites is 2. The van der Waals surface area contributed by atoms with E-state index in [0.717, 1.165) is 45.0 Å². The number of fused-ring (bicyclic) bond motifs is 2. The maximum atomic E-state index is 7.83. The monoisotopic (exact) mass is 890 g/mol. The Kier molecular flexibility index (Phi) is 11.7. The molecule has 2 aliphatic heterocycles. The van der Waals surface area contributed by atoms with Crippen molar-refractivity contribution in [2.24, 2.45) is 0 Å². The van der Waals surface area contributed by atoms with Gasteiger partial charge in [0.1, 0.15) is 0 Å². The van der Waals surface area contributed by atoms with Crippen molar-refractivity contribution in [3.63, 3.8) is 0 Å². The fraction of sp³-hybridized carbons (Fsp3) is 0.349. The van der Waals surface area contributed by atoms with Crippen LogP contribution < -0.4 is 17.6 Å². The molecule has 3 aromatic carbocycles. The molecule has 2 aliphatic rings. The zero-order chi connectivity index (χ0) is 40.3. The third-order valence-corrected chi connectivity index (χ3v) is 22.3. The van der Waals surface area contributed by atoms with Crippen LogP contribution >= 0.6 is 66.5 Å². The van der Waals surface area contributed by atoms with Crippen LogP contribution in [0.25, 0.3) is 0 Å². The van der Waals surface area contributed by atoms with Crippen LogP contribution in [0.5, 0.6) is 0 Å². The molecule has 0 unspecified atom stereocenters. The maximum absolute atomic E-state index is 7.83. The number of aromatic nitrogens is 2. The van der Waals surface area contributed by atoms with Gasteiger partial charge in [-0.1, -0.05) is 35.9 Å². The van der Waals surface area contributed by atoms with E-state index in [2.05, 4.69) is 132 Å². The summed E-state index contributed by atoms with van der Waals surface area (Å²) >= 11 is 47.0. The number of benzene rings is 3. The molecule has 0 amide bonds. The number of hydrogen-bond donors (Lipinski definition) is 0. The van der Waals surface area contributed by atoms with Crippen molar-refractivity contribution in [2.45, 2.75) is 98.1 Å². The van der Waals surface area contributed by atoms with Crippen LogP contribution in [0.15, 0.2) is 116 Å². The van der Waals surface area contributed by atoms with Crippen LogP contribution in [0.4, 0.5) is 11.4 Å². The van der Waals surface area contributed by atoms with Gasteiger partial charge in [-0.3, -0.25) is 0 Å². The molecular formula is C43H52Cl6N4Si2. The predicted octanol–water partition coefficient (Wildman–Crippen LogP) is 13.5. The van der Waals surface area contributed by atoms with Gasteiger partial charge in [0, 0.05) is 0 Å². The molecule has 2 aromatic heterocycles. The Morgan fingerprint density at radius 3 is 1.02 bits per heavy atom. The van der Waals surface area contributed by atoms with Gasteiger partial charge in [0.15, 0.2) is 0 Å². The summed E-state index contributed by atoms with van der Waals surface area (Å²) in [6.07, 6.45) is 3.81. The number of nitrogens with zero attached hydrogens (tertiary/aromatic N) is 4. The predicted molar refractivity (Wildman–Crippen MR) is 242 cm³/mol. The molecule has 12 heteroatoms. The summed E-state index contributed by atoms with van der Waals surface area (Å²) in [6.45, 7) is 19.6. The molecule has 0 N–H and O–H groups in total. The smallest absolute Gasteiger partial charge is 0.0398 e. The van der Waals surface area contributed by atoms with Crippen molar-refractivity contribution in [1.29, 1.82) is 0 Å². The fourth-order valence-electron chi connectivity index (χ4n) is 8.33. The van der Waals surface area contributed by atoms with E-state index >= 15 is 0 Å². The van der Waals surface area contributed by atoms with Gasteiger partial charge in [0.25, 0.3) is 0 Å². The van der Waals surface area contributed by atoms with E-state index in [1.807, 2.05) is 63.3 Å². The van der Waals surface area contributed by atoms with Crippen molar-refractivity contribution in [3.8, 4) is 0 Å². The van der Waals surface area contributed by atoms with Gasteiger partial charge >= 0.3 is 317 Å². The second-order valence-electron chi connectivity index (χ2n) is 16.1. The van der Waals surface area contributed by atoms with Crippen molar-refractivity contribution in [2.75, 3.05) is 9.13 Å². The van der Waals surface area contributed by atoms with E-state index < -0.39 is 23.3 Å². The molecular weight excluding hydrogens is 841 g/mol. The van der Waals surface area contributed by atoms with Gasteiger partial charge in [-0.15, -0.1) is 0 Å². The Bertz CT molecular complexity index is 2010. The molecule has 0 saturated heterocycles. The van der Waals surface area contributed by atoms with E-state index in [1.54, 1.807) is 0 Å². The minimum absolute atomic E-state index is 0.152. The van der Waals surface area contributed by atoms with Crippen LogP contribution in [-0.2, 0) is 0 Å². The number of hydrogen-bond acceptors (Lipinski definition) is 2. The summed E-state index contributed by atoms with van der Waals surface area (Å²) < 4.78 is 8.09. The molecule has 5 aromatic rings. The van der Waals surface area contributed by atoms with Crippen LogP contribution in [0, 0.1) is 6.92 Å². The van der Waals surface area contributed by atoms with E-state index in [4.69, 9.17) is 66.5 Å². The molecule has 55 heavy (non-hydrogen) atoms. The summed E-state index contributed by atoms with van der Waals surface area (Å²) in [5.41, 5.74) is -0.316. The van der Waals surface area contributed by atoms with Gasteiger partial charge in [-0.2, -0.15) is 0 Å². The van der Waals surface area contributed by atoms with Crippen molar-refractivity contribution >= 4 is 89.1 Å². The first-order chi connectivity index (χ1) is 25.7. The van der Waals surface area contributed by atoms with E-state index in [9.17, 15) is 0 Å². The van der Waals surface area contributed by atoms with Gasteiger partial charge in [0.2, 0.25) is 0 Å². The van der Waals surface area contributed by atoms with Crippen LogP contribution in [0.2, 0.25) is 0 Å².